The number of rotatable bonds is 4. The van der Waals surface area contributed by atoms with Crippen molar-refractivity contribution in [1.82, 2.24) is 9.78 Å². The van der Waals surface area contributed by atoms with Crippen molar-refractivity contribution in [2.45, 2.75) is 58.9 Å². The zero-order valence-corrected chi connectivity index (χ0v) is 11.7. The molecule has 0 amide bonds. The first kappa shape index (κ1) is 14.5. The predicted octanol–water partition coefficient (Wildman–Crippen LogP) is 3.03. The molecule has 0 spiro atoms. The summed E-state index contributed by atoms with van der Waals surface area (Å²) < 4.78 is 1.61. The lowest BCUT2D eigenvalue weighted by atomic mass is 9.91. The zero-order valence-electron chi connectivity index (χ0n) is 11.7. The monoisotopic (exact) mass is 254 g/mol. The molecule has 0 saturated heterocycles. The lowest BCUT2D eigenvalue weighted by molar-refractivity contribution is -0.385. The van der Waals surface area contributed by atoms with Crippen LogP contribution in [0, 0.1) is 10.1 Å². The molecule has 1 aromatic rings. The molecular weight excluding hydrogens is 232 g/mol. The first-order valence-electron chi connectivity index (χ1n) is 6.26. The standard InChI is InChI=1S/C12H22N4O2/c1-6-8(7-2)15-11(13)9(16(17)18)10(14-15)12(3,4)5/h8H,6-7,13H2,1-5H3. The fraction of sp³-hybridized carbons (Fsp3) is 0.750. The number of aromatic nitrogens is 2. The van der Waals surface area contributed by atoms with E-state index in [-0.39, 0.29) is 17.5 Å². The van der Waals surface area contributed by atoms with Gasteiger partial charge in [0.25, 0.3) is 0 Å². The van der Waals surface area contributed by atoms with Gasteiger partial charge < -0.3 is 5.73 Å². The molecule has 0 saturated carbocycles. The van der Waals surface area contributed by atoms with Crippen molar-refractivity contribution in [2.75, 3.05) is 5.73 Å². The van der Waals surface area contributed by atoms with E-state index in [2.05, 4.69) is 5.10 Å². The topological polar surface area (TPSA) is 87.0 Å². The maximum atomic E-state index is 11.2. The number of nitrogens with two attached hydrogens (primary N) is 1. The van der Waals surface area contributed by atoms with Gasteiger partial charge in [-0.2, -0.15) is 5.10 Å². The Labute approximate surface area is 107 Å². The number of nitrogen functional groups attached to an aromatic ring is 1. The average Bonchev–Trinajstić information content (AvgIpc) is 2.58. The highest BCUT2D eigenvalue weighted by Crippen LogP contribution is 2.36. The van der Waals surface area contributed by atoms with Crippen LogP contribution in [0.3, 0.4) is 0 Å². The maximum Gasteiger partial charge on any atom is 0.334 e. The molecule has 6 heteroatoms. The van der Waals surface area contributed by atoms with Gasteiger partial charge in [-0.15, -0.1) is 0 Å². The van der Waals surface area contributed by atoms with Crippen LogP contribution in [0.4, 0.5) is 11.5 Å². The van der Waals surface area contributed by atoms with Crippen LogP contribution in [0.1, 0.15) is 59.2 Å². The third-order valence-corrected chi connectivity index (χ3v) is 3.10. The third kappa shape index (κ3) is 2.47. The molecule has 1 heterocycles. The van der Waals surface area contributed by atoms with E-state index in [9.17, 15) is 10.1 Å². The molecule has 18 heavy (non-hydrogen) atoms. The summed E-state index contributed by atoms with van der Waals surface area (Å²) in [5, 5.41) is 15.6. The van der Waals surface area contributed by atoms with Gasteiger partial charge in [0.2, 0.25) is 5.82 Å². The van der Waals surface area contributed by atoms with Crippen LogP contribution in [0.15, 0.2) is 0 Å². The van der Waals surface area contributed by atoms with Gasteiger partial charge in [0.1, 0.15) is 5.69 Å². The zero-order chi connectivity index (χ0) is 14.1. The number of nitrogens with zero attached hydrogens (tertiary/aromatic N) is 3. The van der Waals surface area contributed by atoms with Gasteiger partial charge in [-0.25, -0.2) is 4.68 Å². The molecule has 0 aromatic carbocycles. The molecule has 0 atom stereocenters. The molecule has 0 aliphatic carbocycles. The van der Waals surface area contributed by atoms with E-state index in [4.69, 9.17) is 5.73 Å². The second kappa shape index (κ2) is 4.96. The summed E-state index contributed by atoms with van der Waals surface area (Å²) in [5.74, 6) is 0.165. The van der Waals surface area contributed by atoms with Gasteiger partial charge >= 0.3 is 5.69 Å². The van der Waals surface area contributed by atoms with E-state index >= 15 is 0 Å². The molecule has 0 aliphatic heterocycles. The lowest BCUT2D eigenvalue weighted by Gasteiger charge is -2.15. The highest BCUT2D eigenvalue weighted by Gasteiger charge is 2.34. The summed E-state index contributed by atoms with van der Waals surface area (Å²) in [4.78, 5) is 10.7. The summed E-state index contributed by atoms with van der Waals surface area (Å²) in [6.45, 7) is 9.76. The van der Waals surface area contributed by atoms with Crippen LogP contribution in [0.5, 0.6) is 0 Å². The molecule has 102 valence electrons. The minimum atomic E-state index is -0.429. The molecule has 1 aromatic heterocycles. The Hall–Kier alpha value is -1.59. The van der Waals surface area contributed by atoms with Crippen molar-refractivity contribution in [2.24, 2.45) is 0 Å². The van der Waals surface area contributed by atoms with Crippen molar-refractivity contribution in [3.8, 4) is 0 Å². The molecule has 6 nitrogen and oxygen atoms in total. The summed E-state index contributed by atoms with van der Waals surface area (Å²) in [6, 6.07) is 0.111. The summed E-state index contributed by atoms with van der Waals surface area (Å²) >= 11 is 0. The molecule has 0 radical (unpaired) electrons. The van der Waals surface area contributed by atoms with E-state index in [0.717, 1.165) is 12.8 Å². The van der Waals surface area contributed by atoms with Crippen molar-refractivity contribution in [3.63, 3.8) is 0 Å². The second-order valence-electron chi connectivity index (χ2n) is 5.50. The van der Waals surface area contributed by atoms with E-state index < -0.39 is 10.3 Å². The minimum Gasteiger partial charge on any atom is -0.378 e. The third-order valence-electron chi connectivity index (χ3n) is 3.10. The molecule has 2 N–H and O–H groups in total. The van der Waals surface area contributed by atoms with Gasteiger partial charge in [-0.3, -0.25) is 10.1 Å². The van der Waals surface area contributed by atoms with E-state index in [1.807, 2.05) is 34.6 Å². The van der Waals surface area contributed by atoms with Gasteiger partial charge in [0.05, 0.1) is 11.0 Å². The first-order valence-corrected chi connectivity index (χ1v) is 6.26. The highest BCUT2D eigenvalue weighted by atomic mass is 16.6. The van der Waals surface area contributed by atoms with Gasteiger partial charge in [0.15, 0.2) is 0 Å². The molecule has 1 rings (SSSR count). The number of nitro groups is 1. The Morgan fingerprint density at radius 3 is 2.17 bits per heavy atom. The molecule has 0 bridgehead atoms. The Morgan fingerprint density at radius 1 is 1.39 bits per heavy atom. The SMILES string of the molecule is CCC(CC)n1nc(C(C)(C)C)c([N+](=O)[O-])c1N. The number of hydrogen-bond donors (Lipinski definition) is 1. The molecular formula is C12H22N4O2. The number of anilines is 1. The van der Waals surface area contributed by atoms with Gasteiger partial charge in [-0.1, -0.05) is 34.6 Å². The second-order valence-corrected chi connectivity index (χ2v) is 5.50. The van der Waals surface area contributed by atoms with Crippen LogP contribution < -0.4 is 5.73 Å². The Balaban J connectivity index is 3.46. The Kier molecular flexibility index (Phi) is 3.98. The number of hydrogen-bond acceptors (Lipinski definition) is 4. The smallest absolute Gasteiger partial charge is 0.334 e. The van der Waals surface area contributed by atoms with Crippen LogP contribution in [-0.2, 0) is 5.41 Å². The molecule has 0 aliphatic rings. The maximum absolute atomic E-state index is 11.2. The largest absolute Gasteiger partial charge is 0.378 e. The highest BCUT2D eigenvalue weighted by molar-refractivity contribution is 5.58. The molecule has 0 fully saturated rings. The van der Waals surface area contributed by atoms with E-state index in [1.165, 1.54) is 0 Å². The summed E-state index contributed by atoms with van der Waals surface area (Å²) in [6.07, 6.45) is 1.70. The van der Waals surface area contributed by atoms with Gasteiger partial charge in [0, 0.05) is 5.41 Å². The fourth-order valence-corrected chi connectivity index (χ4v) is 2.04. The van der Waals surface area contributed by atoms with Gasteiger partial charge in [-0.05, 0) is 12.8 Å². The predicted molar refractivity (Wildman–Crippen MR) is 71.6 cm³/mol. The van der Waals surface area contributed by atoms with Crippen molar-refractivity contribution < 1.29 is 4.92 Å². The molecule has 0 unspecified atom stereocenters. The Morgan fingerprint density at radius 2 is 1.89 bits per heavy atom. The summed E-state index contributed by atoms with van der Waals surface area (Å²) in [5.41, 5.74) is 5.93. The van der Waals surface area contributed by atoms with E-state index in [1.54, 1.807) is 4.68 Å². The van der Waals surface area contributed by atoms with Crippen LogP contribution in [0.2, 0.25) is 0 Å². The average molecular weight is 254 g/mol. The van der Waals surface area contributed by atoms with Crippen molar-refractivity contribution in [3.05, 3.63) is 15.8 Å². The summed E-state index contributed by atoms with van der Waals surface area (Å²) in [7, 11) is 0. The normalized spacial score (nSPS) is 12.1. The Bertz CT molecular complexity index is 442. The van der Waals surface area contributed by atoms with E-state index in [0.29, 0.717) is 5.69 Å². The fourth-order valence-electron chi connectivity index (χ4n) is 2.04. The van der Waals surface area contributed by atoms with Crippen LogP contribution in [-0.4, -0.2) is 14.7 Å². The van der Waals surface area contributed by atoms with Crippen LogP contribution in [0.25, 0.3) is 0 Å². The minimum absolute atomic E-state index is 0.0469. The van der Waals surface area contributed by atoms with Crippen molar-refractivity contribution in [1.29, 1.82) is 0 Å². The van der Waals surface area contributed by atoms with Crippen LogP contribution >= 0.6 is 0 Å². The van der Waals surface area contributed by atoms with Crippen molar-refractivity contribution >= 4 is 11.5 Å². The first-order chi connectivity index (χ1) is 8.23. The quantitative estimate of drug-likeness (QED) is 0.660. The lowest BCUT2D eigenvalue weighted by Crippen LogP contribution is -2.16.